The fourth-order valence-corrected chi connectivity index (χ4v) is 3.07. The van der Waals surface area contributed by atoms with Crippen molar-refractivity contribution >= 4 is 17.9 Å². The van der Waals surface area contributed by atoms with E-state index in [-0.39, 0.29) is 24.4 Å². The van der Waals surface area contributed by atoms with Crippen LogP contribution in [0.3, 0.4) is 0 Å². The van der Waals surface area contributed by atoms with Crippen LogP contribution in [0.25, 0.3) is 0 Å². The third-order valence-corrected chi connectivity index (χ3v) is 4.29. The van der Waals surface area contributed by atoms with Crippen molar-refractivity contribution in [2.45, 2.75) is 79.5 Å². The van der Waals surface area contributed by atoms with E-state index in [2.05, 4.69) is 10.6 Å². The summed E-state index contributed by atoms with van der Waals surface area (Å²) in [6.45, 7) is 15.0. The molecular weight excluding hydrogens is 382 g/mol. The zero-order valence-corrected chi connectivity index (χ0v) is 19.6. The number of carbonyl (C=O) groups excluding carboxylic acids is 3. The number of aryl methyl sites for hydroxylation is 2. The summed E-state index contributed by atoms with van der Waals surface area (Å²) in [5.74, 6) is -0.578. The zero-order chi connectivity index (χ0) is 23.1. The van der Waals surface area contributed by atoms with Crippen molar-refractivity contribution < 1.29 is 19.1 Å². The van der Waals surface area contributed by atoms with Gasteiger partial charge in [0.05, 0.1) is 0 Å². The average Bonchev–Trinajstić information content (AvgIpc) is 2.60. The highest BCUT2D eigenvalue weighted by molar-refractivity contribution is 5.90. The van der Waals surface area contributed by atoms with E-state index in [0.29, 0.717) is 13.0 Å². The summed E-state index contributed by atoms with van der Waals surface area (Å²) in [7, 11) is 0. The van der Waals surface area contributed by atoms with Gasteiger partial charge in [0.15, 0.2) is 0 Å². The number of alkyl carbamates (subject to hydrolysis) is 1. The van der Waals surface area contributed by atoms with Crippen LogP contribution in [0.1, 0.15) is 70.7 Å². The topological polar surface area (TPSA) is 87.7 Å². The molecule has 168 valence electrons. The summed E-state index contributed by atoms with van der Waals surface area (Å²) in [6.07, 6.45) is 0.0105. The summed E-state index contributed by atoms with van der Waals surface area (Å²) in [5, 5.41) is 5.44. The minimum atomic E-state index is -0.778. The van der Waals surface area contributed by atoms with Crippen molar-refractivity contribution in [2.75, 3.05) is 13.1 Å². The van der Waals surface area contributed by atoms with Crippen LogP contribution in [0.2, 0.25) is 0 Å². The van der Waals surface area contributed by atoms with Gasteiger partial charge >= 0.3 is 6.09 Å². The molecule has 0 spiro atoms. The first-order valence-electron chi connectivity index (χ1n) is 10.5. The molecule has 0 saturated carbocycles. The van der Waals surface area contributed by atoms with Crippen LogP contribution in [0, 0.1) is 13.8 Å². The van der Waals surface area contributed by atoms with Crippen LogP contribution in [0.15, 0.2) is 18.2 Å². The van der Waals surface area contributed by atoms with Gasteiger partial charge in [-0.05, 0) is 66.0 Å². The molecule has 0 saturated heterocycles. The van der Waals surface area contributed by atoms with Crippen LogP contribution < -0.4 is 10.6 Å². The Hall–Kier alpha value is -2.57. The number of rotatable bonds is 8. The van der Waals surface area contributed by atoms with Crippen molar-refractivity contribution in [1.82, 2.24) is 15.5 Å². The van der Waals surface area contributed by atoms with Gasteiger partial charge in [0.2, 0.25) is 11.8 Å². The van der Waals surface area contributed by atoms with Crippen LogP contribution in [-0.4, -0.2) is 47.5 Å². The van der Waals surface area contributed by atoms with E-state index in [9.17, 15) is 14.4 Å². The Morgan fingerprint density at radius 3 is 2.30 bits per heavy atom. The second kappa shape index (κ2) is 11.0. The maximum absolute atomic E-state index is 13.1. The van der Waals surface area contributed by atoms with E-state index in [1.54, 1.807) is 20.8 Å². The van der Waals surface area contributed by atoms with Gasteiger partial charge in [0, 0.05) is 12.6 Å². The lowest BCUT2D eigenvalue weighted by atomic mass is 9.96. The quantitative estimate of drug-likeness (QED) is 0.673. The number of carbonyl (C=O) groups is 3. The highest BCUT2D eigenvalue weighted by atomic mass is 16.6. The van der Waals surface area contributed by atoms with Crippen molar-refractivity contribution in [3.05, 3.63) is 34.9 Å². The van der Waals surface area contributed by atoms with E-state index in [4.69, 9.17) is 4.74 Å². The third kappa shape index (κ3) is 8.05. The fraction of sp³-hybridized carbons (Fsp3) is 0.609. The molecule has 0 aliphatic rings. The molecule has 0 aromatic heterocycles. The molecule has 1 unspecified atom stereocenters. The molecule has 0 aliphatic carbocycles. The first kappa shape index (κ1) is 25.5. The predicted octanol–water partition coefficient (Wildman–Crippen LogP) is 3.63. The summed E-state index contributed by atoms with van der Waals surface area (Å²) >= 11 is 0. The number of amides is 3. The average molecular weight is 420 g/mol. The van der Waals surface area contributed by atoms with Crippen molar-refractivity contribution in [3.8, 4) is 0 Å². The monoisotopic (exact) mass is 419 g/mol. The lowest BCUT2D eigenvalue weighted by molar-refractivity contribution is -0.140. The molecular formula is C23H37N3O4. The fourth-order valence-electron chi connectivity index (χ4n) is 3.07. The Morgan fingerprint density at radius 1 is 1.13 bits per heavy atom. The van der Waals surface area contributed by atoms with Crippen LogP contribution in [-0.2, 0) is 14.3 Å². The summed E-state index contributed by atoms with van der Waals surface area (Å²) < 4.78 is 5.21. The first-order chi connectivity index (χ1) is 13.9. The van der Waals surface area contributed by atoms with E-state index in [0.717, 1.165) is 16.7 Å². The number of nitrogens with zero attached hydrogens (tertiary/aromatic N) is 1. The van der Waals surface area contributed by atoms with Crippen LogP contribution in [0.5, 0.6) is 0 Å². The van der Waals surface area contributed by atoms with Gasteiger partial charge in [-0.1, -0.05) is 30.7 Å². The predicted molar refractivity (Wildman–Crippen MR) is 118 cm³/mol. The van der Waals surface area contributed by atoms with Crippen molar-refractivity contribution in [2.24, 2.45) is 0 Å². The Balaban J connectivity index is 3.20. The molecule has 0 aliphatic heterocycles. The summed E-state index contributed by atoms with van der Waals surface area (Å²) in [6, 6.07) is 5.03. The Labute approximate surface area is 180 Å². The Kier molecular flexibility index (Phi) is 9.33. The third-order valence-electron chi connectivity index (χ3n) is 4.29. The molecule has 1 rings (SSSR count). The van der Waals surface area contributed by atoms with Gasteiger partial charge in [0.1, 0.15) is 18.2 Å². The van der Waals surface area contributed by atoms with E-state index in [1.807, 2.05) is 52.8 Å². The number of nitrogens with one attached hydrogen (secondary N) is 2. The Bertz CT molecular complexity index is 753. The number of benzene rings is 1. The second-order valence-corrected chi connectivity index (χ2v) is 8.87. The molecule has 3 amide bonds. The SMILES string of the molecule is CCCN(C(=O)CNC(=O)OC(C)(C)C)C(C(=O)NC(C)C)c1cc(C)ccc1C. The van der Waals surface area contributed by atoms with E-state index in [1.165, 1.54) is 4.90 Å². The Morgan fingerprint density at radius 2 is 1.77 bits per heavy atom. The maximum atomic E-state index is 13.1. The maximum Gasteiger partial charge on any atom is 0.408 e. The molecule has 0 radical (unpaired) electrons. The molecule has 0 fully saturated rings. The van der Waals surface area contributed by atoms with Gasteiger partial charge in [-0.15, -0.1) is 0 Å². The smallest absolute Gasteiger partial charge is 0.408 e. The van der Waals surface area contributed by atoms with Crippen LogP contribution in [0.4, 0.5) is 4.79 Å². The molecule has 2 N–H and O–H groups in total. The van der Waals surface area contributed by atoms with Gasteiger partial charge in [0.25, 0.3) is 0 Å². The molecule has 0 bridgehead atoms. The first-order valence-corrected chi connectivity index (χ1v) is 10.5. The van der Waals surface area contributed by atoms with E-state index >= 15 is 0 Å². The van der Waals surface area contributed by atoms with Gasteiger partial charge in [-0.25, -0.2) is 4.79 Å². The van der Waals surface area contributed by atoms with Gasteiger partial charge < -0.3 is 20.3 Å². The van der Waals surface area contributed by atoms with E-state index < -0.39 is 17.7 Å². The molecule has 7 nitrogen and oxygen atoms in total. The largest absolute Gasteiger partial charge is 0.444 e. The molecule has 1 aromatic carbocycles. The van der Waals surface area contributed by atoms with Crippen molar-refractivity contribution in [3.63, 3.8) is 0 Å². The second-order valence-electron chi connectivity index (χ2n) is 8.87. The molecule has 7 heteroatoms. The standard InChI is InChI=1S/C23H37N3O4/c1-9-12-26(19(27)14-24-22(29)30-23(6,7)8)20(21(28)25-15(2)3)18-13-16(4)10-11-17(18)5/h10-11,13,15,20H,9,12,14H2,1-8H3,(H,24,29)(H,25,28). The molecule has 1 atom stereocenters. The highest BCUT2D eigenvalue weighted by Crippen LogP contribution is 2.26. The zero-order valence-electron chi connectivity index (χ0n) is 19.6. The molecule has 30 heavy (non-hydrogen) atoms. The van der Waals surface area contributed by atoms with Crippen LogP contribution >= 0.6 is 0 Å². The number of hydrogen-bond donors (Lipinski definition) is 2. The minimum absolute atomic E-state index is 0.0661. The highest BCUT2D eigenvalue weighted by Gasteiger charge is 2.32. The minimum Gasteiger partial charge on any atom is -0.444 e. The normalized spacial score (nSPS) is 12.3. The molecule has 0 heterocycles. The number of hydrogen-bond acceptors (Lipinski definition) is 4. The summed E-state index contributed by atoms with van der Waals surface area (Å²) in [4.78, 5) is 39.7. The lowest BCUT2D eigenvalue weighted by Crippen LogP contribution is -2.49. The molecule has 1 aromatic rings. The lowest BCUT2D eigenvalue weighted by Gasteiger charge is -2.33. The van der Waals surface area contributed by atoms with Gasteiger partial charge in [-0.2, -0.15) is 0 Å². The number of ether oxygens (including phenoxy) is 1. The van der Waals surface area contributed by atoms with Crippen molar-refractivity contribution in [1.29, 1.82) is 0 Å². The summed E-state index contributed by atoms with van der Waals surface area (Å²) in [5.41, 5.74) is 2.06. The van der Waals surface area contributed by atoms with Gasteiger partial charge in [-0.3, -0.25) is 9.59 Å².